The van der Waals surface area contributed by atoms with Gasteiger partial charge in [0.2, 0.25) is 5.91 Å². The molecular formula is C18H16ClN3O2S3. The van der Waals surface area contributed by atoms with E-state index >= 15 is 0 Å². The lowest BCUT2D eigenvalue weighted by Crippen LogP contribution is -2.49. The summed E-state index contributed by atoms with van der Waals surface area (Å²) in [5.41, 5.74) is 0.794. The highest BCUT2D eigenvalue weighted by atomic mass is 35.5. The first kappa shape index (κ1) is 18.6. The Bertz CT molecular complexity index is 951. The Balaban J connectivity index is 1.48. The summed E-state index contributed by atoms with van der Waals surface area (Å²) >= 11 is 10.2. The maximum absolute atomic E-state index is 12.8. The molecule has 2 amide bonds. The number of piperidine rings is 1. The van der Waals surface area contributed by atoms with E-state index in [1.54, 1.807) is 11.0 Å². The number of nitrogens with one attached hydrogen (secondary N) is 1. The zero-order chi connectivity index (χ0) is 18.8. The van der Waals surface area contributed by atoms with E-state index in [0.29, 0.717) is 27.3 Å². The van der Waals surface area contributed by atoms with Gasteiger partial charge in [-0.3, -0.25) is 9.59 Å². The van der Waals surface area contributed by atoms with E-state index in [1.807, 2.05) is 29.0 Å². The summed E-state index contributed by atoms with van der Waals surface area (Å²) in [7, 11) is 0. The van der Waals surface area contributed by atoms with Gasteiger partial charge >= 0.3 is 0 Å². The monoisotopic (exact) mass is 437 g/mol. The molecule has 9 heteroatoms. The number of hydrogen-bond acceptors (Lipinski definition) is 6. The van der Waals surface area contributed by atoms with Crippen LogP contribution in [0.25, 0.3) is 10.6 Å². The minimum absolute atomic E-state index is 0.0714. The van der Waals surface area contributed by atoms with Crippen molar-refractivity contribution in [3.8, 4) is 10.6 Å². The van der Waals surface area contributed by atoms with Crippen molar-refractivity contribution in [1.29, 1.82) is 0 Å². The largest absolute Gasteiger partial charge is 0.326 e. The average molecular weight is 438 g/mol. The van der Waals surface area contributed by atoms with E-state index < -0.39 is 6.04 Å². The Kier molecular flexibility index (Phi) is 5.58. The van der Waals surface area contributed by atoms with Crippen LogP contribution in [0.5, 0.6) is 0 Å². The number of thiophene rings is 2. The fraction of sp³-hybridized carbons (Fsp3) is 0.278. The minimum Gasteiger partial charge on any atom is -0.326 e. The third-order valence-electron chi connectivity index (χ3n) is 4.36. The van der Waals surface area contributed by atoms with Crippen molar-refractivity contribution in [2.75, 3.05) is 11.9 Å². The van der Waals surface area contributed by atoms with Crippen molar-refractivity contribution in [3.05, 3.63) is 44.2 Å². The lowest BCUT2D eigenvalue weighted by atomic mass is 10.0. The van der Waals surface area contributed by atoms with Crippen LogP contribution < -0.4 is 5.32 Å². The van der Waals surface area contributed by atoms with Crippen LogP contribution in [-0.2, 0) is 4.79 Å². The first-order chi connectivity index (χ1) is 13.1. The highest BCUT2D eigenvalue weighted by molar-refractivity contribution is 7.20. The number of aromatic nitrogens is 1. The number of anilines is 1. The molecule has 4 rings (SSSR count). The second-order valence-electron chi connectivity index (χ2n) is 6.12. The van der Waals surface area contributed by atoms with Crippen LogP contribution in [0.15, 0.2) is 35.0 Å². The van der Waals surface area contributed by atoms with E-state index in [4.69, 9.17) is 11.6 Å². The number of likely N-dealkylation sites (tertiary alicyclic amines) is 1. The van der Waals surface area contributed by atoms with Crippen LogP contribution in [0.1, 0.15) is 28.9 Å². The Hall–Kier alpha value is -1.74. The normalized spacial score (nSPS) is 17.1. The van der Waals surface area contributed by atoms with Gasteiger partial charge in [-0.05, 0) is 42.8 Å². The van der Waals surface area contributed by atoms with Gasteiger partial charge in [-0.1, -0.05) is 17.7 Å². The molecule has 1 saturated heterocycles. The van der Waals surface area contributed by atoms with E-state index in [-0.39, 0.29) is 11.8 Å². The number of halogens is 1. The van der Waals surface area contributed by atoms with Gasteiger partial charge in [0.05, 0.1) is 19.8 Å². The molecule has 3 aromatic rings. The average Bonchev–Trinajstić information content (AvgIpc) is 3.42. The third kappa shape index (κ3) is 4.08. The summed E-state index contributed by atoms with van der Waals surface area (Å²) in [5.74, 6) is -0.248. The van der Waals surface area contributed by atoms with Crippen molar-refractivity contribution < 1.29 is 9.59 Å². The van der Waals surface area contributed by atoms with Gasteiger partial charge in [0.15, 0.2) is 5.13 Å². The van der Waals surface area contributed by atoms with Gasteiger partial charge in [0.25, 0.3) is 5.91 Å². The molecule has 5 nitrogen and oxygen atoms in total. The van der Waals surface area contributed by atoms with E-state index in [0.717, 1.165) is 23.4 Å². The smallest absolute Gasteiger partial charge is 0.264 e. The molecule has 0 aliphatic carbocycles. The van der Waals surface area contributed by atoms with Gasteiger partial charge in [0, 0.05) is 11.9 Å². The Morgan fingerprint density at radius 3 is 2.85 bits per heavy atom. The van der Waals surface area contributed by atoms with Gasteiger partial charge < -0.3 is 10.2 Å². The van der Waals surface area contributed by atoms with Gasteiger partial charge in [-0.15, -0.1) is 34.0 Å². The quantitative estimate of drug-likeness (QED) is 0.608. The standard InChI is InChI=1S/C18H16ClN3O2S3/c19-15-7-6-13(27-15)11-10-26-18(20-11)21-16(23)12-4-1-2-8-22(12)17(24)14-5-3-9-25-14/h3,5-7,9-10,12H,1-2,4,8H2,(H,20,21,23). The topological polar surface area (TPSA) is 62.3 Å². The fourth-order valence-corrected chi connectivity index (χ4v) is 5.54. The molecule has 0 aromatic carbocycles. The predicted octanol–water partition coefficient (Wildman–Crippen LogP) is 5.22. The van der Waals surface area contributed by atoms with E-state index in [9.17, 15) is 9.59 Å². The molecule has 1 atom stereocenters. The van der Waals surface area contributed by atoms with Crippen LogP contribution in [-0.4, -0.2) is 34.3 Å². The fourth-order valence-electron chi connectivity index (χ4n) is 3.07. The zero-order valence-corrected chi connectivity index (χ0v) is 17.4. The second kappa shape index (κ2) is 8.10. The molecule has 4 heterocycles. The number of carbonyl (C=O) groups excluding carboxylic acids is 2. The third-order valence-corrected chi connectivity index (χ3v) is 7.23. The van der Waals surface area contributed by atoms with Crippen LogP contribution in [0.4, 0.5) is 5.13 Å². The van der Waals surface area contributed by atoms with Gasteiger partial charge in [-0.2, -0.15) is 0 Å². The number of hydrogen-bond donors (Lipinski definition) is 1. The molecule has 1 aliphatic heterocycles. The van der Waals surface area contributed by atoms with Crippen LogP contribution in [0.2, 0.25) is 4.34 Å². The SMILES string of the molecule is O=C(Nc1nc(-c2ccc(Cl)s2)cs1)C1CCCCN1C(=O)c1cccs1. The summed E-state index contributed by atoms with van der Waals surface area (Å²) < 4.78 is 0.702. The number of carbonyl (C=O) groups is 2. The molecule has 27 heavy (non-hydrogen) atoms. The van der Waals surface area contributed by atoms with Crippen molar-refractivity contribution >= 4 is 62.6 Å². The summed E-state index contributed by atoms with van der Waals surface area (Å²) in [4.78, 5) is 33.4. The van der Waals surface area contributed by atoms with Crippen molar-refractivity contribution in [1.82, 2.24) is 9.88 Å². The molecule has 3 aromatic heterocycles. The van der Waals surface area contributed by atoms with Crippen molar-refractivity contribution in [3.63, 3.8) is 0 Å². The summed E-state index contributed by atoms with van der Waals surface area (Å²) in [5, 5.41) is 7.20. The second-order valence-corrected chi connectivity index (χ2v) is 9.64. The number of nitrogens with zero attached hydrogens (tertiary/aromatic N) is 2. The Morgan fingerprint density at radius 1 is 1.22 bits per heavy atom. The molecule has 1 N–H and O–H groups in total. The lowest BCUT2D eigenvalue weighted by molar-refractivity contribution is -0.121. The highest BCUT2D eigenvalue weighted by Gasteiger charge is 2.33. The molecule has 1 unspecified atom stereocenters. The van der Waals surface area contributed by atoms with Gasteiger partial charge in [0.1, 0.15) is 6.04 Å². The Morgan fingerprint density at radius 2 is 2.11 bits per heavy atom. The van der Waals surface area contributed by atoms with E-state index in [2.05, 4.69) is 10.3 Å². The van der Waals surface area contributed by atoms with Gasteiger partial charge in [-0.25, -0.2) is 4.98 Å². The number of thiazole rings is 1. The summed E-state index contributed by atoms with van der Waals surface area (Å²) in [6.45, 7) is 0.603. The number of rotatable bonds is 4. The van der Waals surface area contributed by atoms with Crippen LogP contribution in [0, 0.1) is 0 Å². The molecule has 0 bridgehead atoms. The predicted molar refractivity (Wildman–Crippen MR) is 112 cm³/mol. The first-order valence-corrected chi connectivity index (χ1v) is 11.4. The molecule has 140 valence electrons. The first-order valence-electron chi connectivity index (χ1n) is 8.48. The van der Waals surface area contributed by atoms with Crippen LogP contribution in [0.3, 0.4) is 0 Å². The molecular weight excluding hydrogens is 422 g/mol. The molecule has 0 spiro atoms. The molecule has 1 aliphatic rings. The zero-order valence-electron chi connectivity index (χ0n) is 14.2. The summed E-state index contributed by atoms with van der Waals surface area (Å²) in [6.07, 6.45) is 2.52. The maximum atomic E-state index is 12.8. The minimum atomic E-state index is -0.461. The maximum Gasteiger partial charge on any atom is 0.264 e. The number of amides is 2. The molecule has 0 saturated carbocycles. The van der Waals surface area contributed by atoms with E-state index in [1.165, 1.54) is 34.0 Å². The lowest BCUT2D eigenvalue weighted by Gasteiger charge is -2.34. The van der Waals surface area contributed by atoms with Crippen molar-refractivity contribution in [2.24, 2.45) is 0 Å². The molecule has 1 fully saturated rings. The van der Waals surface area contributed by atoms with Crippen molar-refractivity contribution in [2.45, 2.75) is 25.3 Å². The van der Waals surface area contributed by atoms with Crippen LogP contribution >= 0.6 is 45.6 Å². The highest BCUT2D eigenvalue weighted by Crippen LogP contribution is 2.33. The molecule has 0 radical (unpaired) electrons. The Labute approximate surface area is 173 Å². The summed E-state index contributed by atoms with van der Waals surface area (Å²) in [6, 6.07) is 6.93.